The topological polar surface area (TPSA) is 72.2 Å². The molecule has 1 fully saturated rings. The summed E-state index contributed by atoms with van der Waals surface area (Å²) in [5.41, 5.74) is 6.32. The lowest BCUT2D eigenvalue weighted by Gasteiger charge is -2.20. The Morgan fingerprint density at radius 2 is 1.81 bits per heavy atom. The third kappa shape index (κ3) is 5.42. The lowest BCUT2D eigenvalue weighted by atomic mass is 10.0. The first-order valence-electron chi connectivity index (χ1n) is 7.46. The second-order valence-corrected chi connectivity index (χ2v) is 6.78. The fourth-order valence-corrected chi connectivity index (χ4v) is 3.79. The summed E-state index contributed by atoms with van der Waals surface area (Å²) >= 11 is 1.92. The molecule has 0 aromatic heterocycles. The van der Waals surface area contributed by atoms with E-state index in [2.05, 4.69) is 5.32 Å². The maximum atomic E-state index is 11.9. The van der Waals surface area contributed by atoms with E-state index in [1.165, 1.54) is 32.1 Å². The predicted octanol–water partition coefficient (Wildman–Crippen LogP) is 3.18. The van der Waals surface area contributed by atoms with Crippen molar-refractivity contribution in [3.8, 4) is 0 Å². The molecule has 2 amide bonds. The minimum absolute atomic E-state index is 0.0186. The summed E-state index contributed by atoms with van der Waals surface area (Å²) in [5, 5.41) is 3.58. The third-order valence-electron chi connectivity index (χ3n) is 3.69. The average Bonchev–Trinajstić information content (AvgIpc) is 2.49. The SMILES string of the molecule is NC(=O)c1ccc(NC(=O)CCSC2CCCCC2)cc1. The Morgan fingerprint density at radius 1 is 1.14 bits per heavy atom. The summed E-state index contributed by atoms with van der Waals surface area (Å²) < 4.78 is 0. The van der Waals surface area contributed by atoms with Crippen LogP contribution in [0, 0.1) is 0 Å². The van der Waals surface area contributed by atoms with E-state index in [1.807, 2.05) is 11.8 Å². The first-order valence-corrected chi connectivity index (χ1v) is 8.51. The average molecular weight is 306 g/mol. The molecule has 1 aliphatic rings. The second-order valence-electron chi connectivity index (χ2n) is 5.37. The molecule has 0 bridgehead atoms. The summed E-state index contributed by atoms with van der Waals surface area (Å²) in [7, 11) is 0. The van der Waals surface area contributed by atoms with E-state index in [9.17, 15) is 9.59 Å². The summed E-state index contributed by atoms with van der Waals surface area (Å²) in [6.45, 7) is 0. The van der Waals surface area contributed by atoms with Gasteiger partial charge in [-0.15, -0.1) is 0 Å². The normalized spacial score (nSPS) is 15.6. The standard InChI is InChI=1S/C16H22N2O2S/c17-16(20)12-6-8-13(9-7-12)18-15(19)10-11-21-14-4-2-1-3-5-14/h6-9,14H,1-5,10-11H2,(H2,17,20)(H,18,19). The van der Waals surface area contributed by atoms with Crippen molar-refractivity contribution in [3.05, 3.63) is 29.8 Å². The van der Waals surface area contributed by atoms with Crippen molar-refractivity contribution in [2.24, 2.45) is 5.73 Å². The van der Waals surface area contributed by atoms with Crippen LogP contribution < -0.4 is 11.1 Å². The van der Waals surface area contributed by atoms with Crippen molar-refractivity contribution in [1.82, 2.24) is 0 Å². The van der Waals surface area contributed by atoms with Gasteiger partial charge in [-0.05, 0) is 37.1 Å². The molecule has 0 unspecified atom stereocenters. The number of carbonyl (C=O) groups excluding carboxylic acids is 2. The van der Waals surface area contributed by atoms with Gasteiger partial charge in [-0.2, -0.15) is 11.8 Å². The number of amides is 2. The van der Waals surface area contributed by atoms with Gasteiger partial charge in [0.2, 0.25) is 11.8 Å². The molecule has 1 saturated carbocycles. The smallest absolute Gasteiger partial charge is 0.248 e. The van der Waals surface area contributed by atoms with E-state index in [0.29, 0.717) is 17.7 Å². The number of carbonyl (C=O) groups is 2. The zero-order valence-electron chi connectivity index (χ0n) is 12.1. The molecule has 1 aromatic carbocycles. The Labute approximate surface area is 129 Å². The Bertz CT molecular complexity index is 482. The van der Waals surface area contributed by atoms with E-state index in [4.69, 9.17) is 5.73 Å². The maximum absolute atomic E-state index is 11.9. The number of primary amides is 1. The molecular weight excluding hydrogens is 284 g/mol. The molecule has 1 aliphatic carbocycles. The number of benzene rings is 1. The van der Waals surface area contributed by atoms with Crippen molar-refractivity contribution in [2.75, 3.05) is 11.1 Å². The highest BCUT2D eigenvalue weighted by molar-refractivity contribution is 7.99. The number of hydrogen-bond acceptors (Lipinski definition) is 3. The van der Waals surface area contributed by atoms with Crippen LogP contribution in [0.1, 0.15) is 48.9 Å². The highest BCUT2D eigenvalue weighted by Crippen LogP contribution is 2.28. The van der Waals surface area contributed by atoms with Crippen molar-refractivity contribution in [2.45, 2.75) is 43.8 Å². The van der Waals surface area contributed by atoms with E-state index >= 15 is 0 Å². The number of rotatable bonds is 6. The van der Waals surface area contributed by atoms with Crippen molar-refractivity contribution >= 4 is 29.3 Å². The molecule has 0 saturated heterocycles. The lowest BCUT2D eigenvalue weighted by molar-refractivity contribution is -0.115. The fourth-order valence-electron chi connectivity index (χ4n) is 2.49. The molecule has 21 heavy (non-hydrogen) atoms. The van der Waals surface area contributed by atoms with Crippen molar-refractivity contribution in [1.29, 1.82) is 0 Å². The van der Waals surface area contributed by atoms with Crippen LogP contribution in [0.4, 0.5) is 5.69 Å². The van der Waals surface area contributed by atoms with Crippen LogP contribution in [0.2, 0.25) is 0 Å². The van der Waals surface area contributed by atoms with Crippen LogP contribution in [0.5, 0.6) is 0 Å². The first kappa shape index (κ1) is 15.9. The molecule has 4 nitrogen and oxygen atoms in total. The van der Waals surface area contributed by atoms with Gasteiger partial charge in [-0.1, -0.05) is 19.3 Å². The molecule has 0 aliphatic heterocycles. The van der Waals surface area contributed by atoms with Crippen LogP contribution in [-0.2, 0) is 4.79 Å². The largest absolute Gasteiger partial charge is 0.366 e. The number of anilines is 1. The van der Waals surface area contributed by atoms with Crippen molar-refractivity contribution in [3.63, 3.8) is 0 Å². The Kier molecular flexibility index (Phi) is 6.11. The molecule has 0 radical (unpaired) electrons. The summed E-state index contributed by atoms with van der Waals surface area (Å²) in [4.78, 5) is 22.8. The highest BCUT2D eigenvalue weighted by atomic mass is 32.2. The molecule has 0 atom stereocenters. The molecule has 114 valence electrons. The molecule has 0 spiro atoms. The van der Waals surface area contributed by atoms with Gasteiger partial charge in [0.05, 0.1) is 0 Å². The van der Waals surface area contributed by atoms with Crippen LogP contribution in [0.15, 0.2) is 24.3 Å². The number of nitrogens with two attached hydrogens (primary N) is 1. The third-order valence-corrected chi connectivity index (χ3v) is 5.07. The van der Waals surface area contributed by atoms with Gasteiger partial charge in [-0.25, -0.2) is 0 Å². The second kappa shape index (κ2) is 8.08. The van der Waals surface area contributed by atoms with Crippen LogP contribution in [0.3, 0.4) is 0 Å². The lowest BCUT2D eigenvalue weighted by Crippen LogP contribution is -2.15. The minimum atomic E-state index is -0.461. The summed E-state index contributed by atoms with van der Waals surface area (Å²) in [6, 6.07) is 6.64. The van der Waals surface area contributed by atoms with Gasteiger partial charge in [0, 0.05) is 28.7 Å². The van der Waals surface area contributed by atoms with Gasteiger partial charge in [0.25, 0.3) is 0 Å². The van der Waals surface area contributed by atoms with Gasteiger partial charge >= 0.3 is 0 Å². The molecule has 3 N–H and O–H groups in total. The van der Waals surface area contributed by atoms with Crippen LogP contribution >= 0.6 is 11.8 Å². The van der Waals surface area contributed by atoms with E-state index in [0.717, 1.165) is 11.0 Å². The van der Waals surface area contributed by atoms with Crippen LogP contribution in [-0.4, -0.2) is 22.8 Å². The number of thioether (sulfide) groups is 1. The maximum Gasteiger partial charge on any atom is 0.248 e. The van der Waals surface area contributed by atoms with Crippen LogP contribution in [0.25, 0.3) is 0 Å². The Hall–Kier alpha value is -1.49. The van der Waals surface area contributed by atoms with Crippen molar-refractivity contribution < 1.29 is 9.59 Å². The molecule has 2 rings (SSSR count). The van der Waals surface area contributed by atoms with E-state index in [1.54, 1.807) is 24.3 Å². The minimum Gasteiger partial charge on any atom is -0.366 e. The van der Waals surface area contributed by atoms with Gasteiger partial charge in [-0.3, -0.25) is 9.59 Å². The van der Waals surface area contributed by atoms with Gasteiger partial charge in [0.1, 0.15) is 0 Å². The van der Waals surface area contributed by atoms with Gasteiger partial charge in [0.15, 0.2) is 0 Å². The summed E-state index contributed by atoms with van der Waals surface area (Å²) in [6.07, 6.45) is 7.13. The monoisotopic (exact) mass is 306 g/mol. The molecular formula is C16H22N2O2S. The molecule has 1 aromatic rings. The zero-order chi connectivity index (χ0) is 15.1. The molecule has 0 heterocycles. The quantitative estimate of drug-likeness (QED) is 0.848. The predicted molar refractivity (Wildman–Crippen MR) is 87.5 cm³/mol. The van der Waals surface area contributed by atoms with E-state index in [-0.39, 0.29) is 5.91 Å². The van der Waals surface area contributed by atoms with E-state index < -0.39 is 5.91 Å². The Morgan fingerprint density at radius 3 is 2.43 bits per heavy atom. The molecule has 5 heteroatoms. The van der Waals surface area contributed by atoms with Gasteiger partial charge < -0.3 is 11.1 Å². The summed E-state index contributed by atoms with van der Waals surface area (Å²) in [5.74, 6) is 0.428. The number of nitrogens with one attached hydrogen (secondary N) is 1. The first-order chi connectivity index (χ1) is 10.1. The Balaban J connectivity index is 1.70. The highest BCUT2D eigenvalue weighted by Gasteiger charge is 2.14. The fraction of sp³-hybridized carbons (Fsp3) is 0.500. The zero-order valence-corrected chi connectivity index (χ0v) is 13.0. The number of hydrogen-bond donors (Lipinski definition) is 2.